The van der Waals surface area contributed by atoms with Crippen molar-refractivity contribution in [3.05, 3.63) is 95.1 Å². The number of methoxy groups -OCH3 is 1. The minimum atomic E-state index is 0.707. The lowest BCUT2D eigenvalue weighted by Gasteiger charge is -2.13. The second-order valence-electron chi connectivity index (χ2n) is 9.40. The van der Waals surface area contributed by atoms with Crippen LogP contribution in [0.1, 0.15) is 68.7 Å². The summed E-state index contributed by atoms with van der Waals surface area (Å²) >= 11 is 0. The van der Waals surface area contributed by atoms with E-state index in [1.807, 2.05) is 72.8 Å². The Hall–Kier alpha value is -3.62. The first kappa shape index (κ1) is 26.0. The van der Waals surface area contributed by atoms with Crippen molar-refractivity contribution >= 4 is 0 Å². The van der Waals surface area contributed by atoms with Crippen molar-refractivity contribution in [2.45, 2.75) is 46.5 Å². The highest BCUT2D eigenvalue weighted by molar-refractivity contribution is 5.48. The van der Waals surface area contributed by atoms with Gasteiger partial charge in [0.1, 0.15) is 11.5 Å². The van der Waals surface area contributed by atoms with Crippen molar-refractivity contribution in [1.29, 1.82) is 0 Å². The summed E-state index contributed by atoms with van der Waals surface area (Å²) in [5.41, 5.74) is 3.86. The average molecular weight is 465 g/mol. The lowest BCUT2D eigenvalue weighted by Crippen LogP contribution is -2.04. The first-order chi connectivity index (χ1) is 17.0. The molecule has 2 heteroatoms. The van der Waals surface area contributed by atoms with Crippen molar-refractivity contribution < 1.29 is 9.47 Å². The summed E-state index contributed by atoms with van der Waals surface area (Å²) in [6.07, 6.45) is 5.01. The molecule has 3 rings (SSSR count). The van der Waals surface area contributed by atoms with E-state index in [0.29, 0.717) is 5.92 Å². The van der Waals surface area contributed by atoms with Crippen LogP contribution in [0.4, 0.5) is 0 Å². The van der Waals surface area contributed by atoms with Gasteiger partial charge in [-0.15, -0.1) is 0 Å². The summed E-state index contributed by atoms with van der Waals surface area (Å²) in [5, 5.41) is 0. The van der Waals surface area contributed by atoms with E-state index in [2.05, 4.69) is 44.5 Å². The predicted molar refractivity (Wildman–Crippen MR) is 146 cm³/mol. The van der Waals surface area contributed by atoms with Gasteiger partial charge in [-0.25, -0.2) is 0 Å². The third-order valence-corrected chi connectivity index (χ3v) is 5.89. The molecule has 35 heavy (non-hydrogen) atoms. The second-order valence-corrected chi connectivity index (χ2v) is 9.40. The molecule has 0 saturated heterocycles. The van der Waals surface area contributed by atoms with Crippen LogP contribution in [0.5, 0.6) is 11.5 Å². The minimum absolute atomic E-state index is 0.707. The maximum Gasteiger partial charge on any atom is 0.119 e. The highest BCUT2D eigenvalue weighted by Crippen LogP contribution is 2.17. The zero-order valence-corrected chi connectivity index (χ0v) is 21.4. The van der Waals surface area contributed by atoms with Crippen LogP contribution >= 0.6 is 0 Å². The molecule has 0 spiro atoms. The highest BCUT2D eigenvalue weighted by Gasteiger charge is 2.04. The number of ether oxygens (including phenoxy) is 2. The summed E-state index contributed by atoms with van der Waals surface area (Å²) in [6, 6.07) is 23.8. The van der Waals surface area contributed by atoms with Gasteiger partial charge < -0.3 is 9.47 Å². The molecular formula is C33H36O2. The van der Waals surface area contributed by atoms with Crippen LogP contribution in [-0.2, 0) is 0 Å². The van der Waals surface area contributed by atoms with Gasteiger partial charge in [0.25, 0.3) is 0 Å². The Morgan fingerprint density at radius 1 is 0.571 bits per heavy atom. The van der Waals surface area contributed by atoms with Crippen molar-refractivity contribution in [1.82, 2.24) is 0 Å². The molecule has 0 aliphatic rings. The van der Waals surface area contributed by atoms with Crippen LogP contribution in [0.15, 0.2) is 72.8 Å². The maximum atomic E-state index is 5.93. The van der Waals surface area contributed by atoms with Crippen LogP contribution < -0.4 is 9.47 Å². The van der Waals surface area contributed by atoms with Crippen LogP contribution in [0.2, 0.25) is 0 Å². The van der Waals surface area contributed by atoms with Gasteiger partial charge >= 0.3 is 0 Å². The lowest BCUT2D eigenvalue weighted by atomic mass is 9.98. The Labute approximate surface area is 211 Å². The molecule has 1 atom stereocenters. The smallest absolute Gasteiger partial charge is 0.119 e. The standard InChI is InChI=1S/C33H36O2/c1-26(2)6-5-7-27(3)24-25-35-33-22-18-31(19-23-33)15-13-29-10-8-28(9-11-29)12-14-30-16-20-32(34-4)21-17-30/h8-11,16-23,26-27H,5-7,24-25H2,1-4H3. The SMILES string of the molecule is COc1ccc(C#Cc2ccc(C#Cc3ccc(OCCC(C)CCCC(C)C)cc3)cc2)cc1. The molecule has 0 saturated carbocycles. The number of benzene rings is 3. The molecule has 1 unspecified atom stereocenters. The van der Waals surface area contributed by atoms with E-state index in [-0.39, 0.29) is 0 Å². The number of hydrogen-bond acceptors (Lipinski definition) is 2. The molecule has 0 aromatic heterocycles. The molecule has 0 radical (unpaired) electrons. The number of rotatable bonds is 9. The first-order valence-corrected chi connectivity index (χ1v) is 12.5. The van der Waals surface area contributed by atoms with Gasteiger partial charge in [0, 0.05) is 22.3 Å². The third kappa shape index (κ3) is 9.64. The lowest BCUT2D eigenvalue weighted by molar-refractivity contribution is 0.275. The summed E-state index contributed by atoms with van der Waals surface area (Å²) < 4.78 is 11.1. The van der Waals surface area contributed by atoms with Gasteiger partial charge in [0.05, 0.1) is 13.7 Å². The molecule has 0 amide bonds. The normalized spacial score (nSPS) is 11.1. The van der Waals surface area contributed by atoms with Crippen LogP contribution in [-0.4, -0.2) is 13.7 Å². The fraction of sp³-hybridized carbons (Fsp3) is 0.333. The topological polar surface area (TPSA) is 18.5 Å². The number of hydrogen-bond donors (Lipinski definition) is 0. The fourth-order valence-corrected chi connectivity index (χ4v) is 3.63. The summed E-state index contributed by atoms with van der Waals surface area (Å²) in [5.74, 6) is 16.1. The molecule has 0 aliphatic heterocycles. The molecule has 0 heterocycles. The molecule has 3 aromatic rings. The van der Waals surface area contributed by atoms with Gasteiger partial charge in [-0.2, -0.15) is 0 Å². The molecule has 0 bridgehead atoms. The van der Waals surface area contributed by atoms with Crippen molar-refractivity contribution in [3.8, 4) is 35.2 Å². The Morgan fingerprint density at radius 2 is 1.00 bits per heavy atom. The van der Waals surface area contributed by atoms with E-state index >= 15 is 0 Å². The van der Waals surface area contributed by atoms with E-state index in [9.17, 15) is 0 Å². The summed E-state index contributed by atoms with van der Waals surface area (Å²) in [6.45, 7) is 7.67. The van der Waals surface area contributed by atoms with Crippen LogP contribution in [0.25, 0.3) is 0 Å². The van der Waals surface area contributed by atoms with Gasteiger partial charge in [-0.1, -0.05) is 63.7 Å². The molecule has 180 valence electrons. The second kappa shape index (κ2) is 13.9. The van der Waals surface area contributed by atoms with Crippen LogP contribution in [0.3, 0.4) is 0 Å². The van der Waals surface area contributed by atoms with Crippen molar-refractivity contribution in [2.24, 2.45) is 11.8 Å². The van der Waals surface area contributed by atoms with Crippen LogP contribution in [0, 0.1) is 35.5 Å². The fourth-order valence-electron chi connectivity index (χ4n) is 3.63. The summed E-state index contributed by atoms with van der Waals surface area (Å²) in [4.78, 5) is 0. The monoisotopic (exact) mass is 464 g/mol. The summed E-state index contributed by atoms with van der Waals surface area (Å²) in [7, 11) is 1.66. The molecule has 0 aliphatic carbocycles. The van der Waals surface area contributed by atoms with E-state index < -0.39 is 0 Å². The zero-order chi connectivity index (χ0) is 24.9. The van der Waals surface area contributed by atoms with E-state index in [4.69, 9.17) is 9.47 Å². The van der Waals surface area contributed by atoms with E-state index in [1.165, 1.54) is 19.3 Å². The largest absolute Gasteiger partial charge is 0.497 e. The van der Waals surface area contributed by atoms with Crippen molar-refractivity contribution in [3.63, 3.8) is 0 Å². The Kier molecular flexibility index (Phi) is 10.3. The average Bonchev–Trinajstić information content (AvgIpc) is 2.87. The van der Waals surface area contributed by atoms with E-state index in [0.717, 1.165) is 52.7 Å². The Morgan fingerprint density at radius 3 is 1.43 bits per heavy atom. The van der Waals surface area contributed by atoms with Gasteiger partial charge in [-0.05, 0) is 91.1 Å². The Balaban J connectivity index is 1.46. The molecule has 0 fully saturated rings. The quantitative estimate of drug-likeness (QED) is 0.302. The molecule has 2 nitrogen and oxygen atoms in total. The maximum absolute atomic E-state index is 5.93. The molecule has 0 N–H and O–H groups in total. The molecule has 3 aromatic carbocycles. The Bertz CT molecular complexity index is 1150. The first-order valence-electron chi connectivity index (χ1n) is 12.5. The predicted octanol–water partition coefficient (Wildman–Crippen LogP) is 7.73. The molecular weight excluding hydrogens is 428 g/mol. The van der Waals surface area contributed by atoms with Gasteiger partial charge in [0.2, 0.25) is 0 Å². The van der Waals surface area contributed by atoms with E-state index in [1.54, 1.807) is 7.11 Å². The highest BCUT2D eigenvalue weighted by atomic mass is 16.5. The zero-order valence-electron chi connectivity index (χ0n) is 21.4. The van der Waals surface area contributed by atoms with Crippen molar-refractivity contribution in [2.75, 3.05) is 13.7 Å². The van der Waals surface area contributed by atoms with Gasteiger partial charge in [0.15, 0.2) is 0 Å². The minimum Gasteiger partial charge on any atom is -0.497 e. The third-order valence-electron chi connectivity index (χ3n) is 5.89. The van der Waals surface area contributed by atoms with Gasteiger partial charge in [-0.3, -0.25) is 0 Å².